The highest BCUT2D eigenvalue weighted by atomic mass is 35.5. The Kier molecular flexibility index (Phi) is 3.39. The monoisotopic (exact) mass is 209 g/mol. The fraction of sp³-hybridized carbons (Fsp3) is 0.286. The molecular formula is C7H6ClF2NO2. The summed E-state index contributed by atoms with van der Waals surface area (Å²) in [7, 11) is 0. The van der Waals surface area contributed by atoms with Crippen molar-refractivity contribution < 1.29 is 18.6 Å². The molecule has 0 aliphatic carbocycles. The average Bonchev–Trinajstić information content (AvgIpc) is 2.01. The van der Waals surface area contributed by atoms with Gasteiger partial charge in [-0.15, -0.1) is 0 Å². The van der Waals surface area contributed by atoms with Gasteiger partial charge in [-0.25, -0.2) is 4.98 Å². The molecule has 1 aromatic rings. The Morgan fingerprint density at radius 1 is 1.54 bits per heavy atom. The number of aliphatic hydroxyl groups excluding tert-OH is 1. The maximum Gasteiger partial charge on any atom is 0.388 e. The van der Waals surface area contributed by atoms with Crippen molar-refractivity contribution in [1.82, 2.24) is 4.98 Å². The number of aliphatic hydroxyl groups is 1. The van der Waals surface area contributed by atoms with Crippen LogP contribution < -0.4 is 4.74 Å². The molecule has 0 radical (unpaired) electrons. The van der Waals surface area contributed by atoms with Crippen molar-refractivity contribution in [2.45, 2.75) is 13.2 Å². The van der Waals surface area contributed by atoms with E-state index in [2.05, 4.69) is 9.72 Å². The van der Waals surface area contributed by atoms with Gasteiger partial charge in [0.25, 0.3) is 0 Å². The minimum Gasteiger partial charge on any atom is -0.417 e. The second kappa shape index (κ2) is 4.34. The maximum atomic E-state index is 11.7. The molecule has 1 N–H and O–H groups in total. The van der Waals surface area contributed by atoms with Crippen LogP contribution in [0, 0.1) is 0 Å². The molecule has 6 heteroatoms. The molecule has 72 valence electrons. The Hall–Kier alpha value is -0.940. The van der Waals surface area contributed by atoms with E-state index < -0.39 is 6.61 Å². The van der Waals surface area contributed by atoms with Gasteiger partial charge in [0, 0.05) is 11.1 Å². The van der Waals surface area contributed by atoms with Crippen LogP contribution in [0.4, 0.5) is 8.78 Å². The summed E-state index contributed by atoms with van der Waals surface area (Å²) in [5.41, 5.74) is 0.183. The van der Waals surface area contributed by atoms with E-state index in [1.807, 2.05) is 0 Å². The number of hydrogen-bond donors (Lipinski definition) is 1. The highest BCUT2D eigenvalue weighted by molar-refractivity contribution is 6.30. The summed E-state index contributed by atoms with van der Waals surface area (Å²) in [6.45, 7) is -3.32. The van der Waals surface area contributed by atoms with Gasteiger partial charge < -0.3 is 9.84 Å². The third kappa shape index (κ3) is 3.12. The first kappa shape index (κ1) is 10.1. The standard InChI is InChI=1S/C7H6ClF2NO2/c8-4-1-5(3-12)11-6(2-4)13-7(9)10/h1-2,7,12H,3H2. The summed E-state index contributed by atoms with van der Waals surface area (Å²) >= 11 is 5.54. The quantitative estimate of drug-likeness (QED) is 0.826. The topological polar surface area (TPSA) is 42.4 Å². The van der Waals surface area contributed by atoms with Gasteiger partial charge in [-0.1, -0.05) is 11.6 Å². The zero-order valence-corrected chi connectivity index (χ0v) is 7.13. The first-order valence-corrected chi connectivity index (χ1v) is 3.71. The molecule has 0 aromatic carbocycles. The zero-order chi connectivity index (χ0) is 9.84. The molecule has 0 amide bonds. The predicted octanol–water partition coefficient (Wildman–Crippen LogP) is 1.83. The fourth-order valence-corrected chi connectivity index (χ4v) is 0.977. The number of aromatic nitrogens is 1. The van der Waals surface area contributed by atoms with Crippen molar-refractivity contribution in [3.63, 3.8) is 0 Å². The summed E-state index contributed by atoms with van der Waals surface area (Å²) in [5.74, 6) is -0.299. The van der Waals surface area contributed by atoms with E-state index in [1.54, 1.807) is 0 Å². The van der Waals surface area contributed by atoms with Gasteiger partial charge in [-0.2, -0.15) is 8.78 Å². The molecule has 13 heavy (non-hydrogen) atoms. The van der Waals surface area contributed by atoms with Crippen LogP contribution >= 0.6 is 11.6 Å². The summed E-state index contributed by atoms with van der Waals surface area (Å²) in [6, 6.07) is 2.51. The van der Waals surface area contributed by atoms with Gasteiger partial charge in [0.1, 0.15) is 0 Å². The van der Waals surface area contributed by atoms with Gasteiger partial charge >= 0.3 is 6.61 Å². The first-order valence-electron chi connectivity index (χ1n) is 3.34. The molecule has 1 aromatic heterocycles. The van der Waals surface area contributed by atoms with Gasteiger partial charge in [0.05, 0.1) is 12.3 Å². The number of halogens is 3. The minimum absolute atomic E-state index is 0.183. The first-order chi connectivity index (χ1) is 6.11. The Morgan fingerprint density at radius 3 is 2.77 bits per heavy atom. The molecule has 0 aliphatic rings. The molecule has 3 nitrogen and oxygen atoms in total. The Morgan fingerprint density at radius 2 is 2.23 bits per heavy atom. The smallest absolute Gasteiger partial charge is 0.388 e. The van der Waals surface area contributed by atoms with E-state index in [0.29, 0.717) is 0 Å². The normalized spacial score (nSPS) is 10.5. The van der Waals surface area contributed by atoms with Crippen LogP contribution in [0.2, 0.25) is 5.02 Å². The number of hydrogen-bond acceptors (Lipinski definition) is 3. The highest BCUT2D eigenvalue weighted by Crippen LogP contribution is 2.18. The van der Waals surface area contributed by atoms with Crippen molar-refractivity contribution >= 4 is 11.6 Å². The average molecular weight is 210 g/mol. The molecule has 1 heterocycles. The van der Waals surface area contributed by atoms with E-state index in [9.17, 15) is 8.78 Å². The molecule has 0 atom stereocenters. The van der Waals surface area contributed by atoms with Gasteiger partial charge in [-0.05, 0) is 6.07 Å². The number of ether oxygens (including phenoxy) is 1. The SMILES string of the molecule is OCc1cc(Cl)cc(OC(F)F)n1. The van der Waals surface area contributed by atoms with Crippen LogP contribution in [-0.2, 0) is 6.61 Å². The molecule has 0 fully saturated rings. The van der Waals surface area contributed by atoms with Crippen molar-refractivity contribution in [3.05, 3.63) is 22.8 Å². The molecular weight excluding hydrogens is 204 g/mol. The molecule has 0 spiro atoms. The van der Waals surface area contributed by atoms with Crippen molar-refractivity contribution in [2.24, 2.45) is 0 Å². The van der Waals surface area contributed by atoms with Crippen molar-refractivity contribution in [2.75, 3.05) is 0 Å². The van der Waals surface area contributed by atoms with Crippen molar-refractivity contribution in [1.29, 1.82) is 0 Å². The third-order valence-electron chi connectivity index (χ3n) is 1.19. The fourth-order valence-electron chi connectivity index (χ4n) is 0.758. The highest BCUT2D eigenvalue weighted by Gasteiger charge is 2.07. The molecule has 0 saturated carbocycles. The number of alkyl halides is 2. The third-order valence-corrected chi connectivity index (χ3v) is 1.41. The van der Waals surface area contributed by atoms with Crippen LogP contribution in [0.25, 0.3) is 0 Å². The van der Waals surface area contributed by atoms with E-state index in [1.165, 1.54) is 6.07 Å². The summed E-state index contributed by atoms with van der Waals surface area (Å²) in [5, 5.41) is 8.85. The van der Waals surface area contributed by atoms with E-state index >= 15 is 0 Å². The summed E-state index contributed by atoms with van der Waals surface area (Å²) in [6.07, 6.45) is 0. The van der Waals surface area contributed by atoms with Gasteiger partial charge in [-0.3, -0.25) is 0 Å². The molecule has 0 saturated heterocycles. The largest absolute Gasteiger partial charge is 0.417 e. The van der Waals surface area contributed by atoms with Gasteiger partial charge in [0.15, 0.2) is 0 Å². The lowest BCUT2D eigenvalue weighted by molar-refractivity contribution is -0.0530. The van der Waals surface area contributed by atoms with E-state index in [-0.39, 0.29) is 23.2 Å². The lowest BCUT2D eigenvalue weighted by atomic mass is 10.3. The second-order valence-electron chi connectivity index (χ2n) is 2.15. The summed E-state index contributed by atoms with van der Waals surface area (Å²) in [4.78, 5) is 3.56. The Bertz CT molecular complexity index is 296. The minimum atomic E-state index is -2.95. The number of rotatable bonds is 3. The molecule has 0 unspecified atom stereocenters. The van der Waals surface area contributed by atoms with E-state index in [4.69, 9.17) is 16.7 Å². The van der Waals surface area contributed by atoms with Crippen LogP contribution in [0.15, 0.2) is 12.1 Å². The summed E-state index contributed by atoms with van der Waals surface area (Å²) < 4.78 is 27.4. The van der Waals surface area contributed by atoms with Crippen LogP contribution in [-0.4, -0.2) is 16.7 Å². The van der Waals surface area contributed by atoms with Crippen LogP contribution in [0.1, 0.15) is 5.69 Å². The lowest BCUT2D eigenvalue weighted by Crippen LogP contribution is -2.04. The second-order valence-corrected chi connectivity index (χ2v) is 2.59. The molecule has 0 aliphatic heterocycles. The lowest BCUT2D eigenvalue weighted by Gasteiger charge is -2.04. The number of nitrogens with zero attached hydrogens (tertiary/aromatic N) is 1. The molecule has 1 rings (SSSR count). The maximum absolute atomic E-state index is 11.7. The van der Waals surface area contributed by atoms with E-state index in [0.717, 1.165) is 6.07 Å². The zero-order valence-electron chi connectivity index (χ0n) is 6.38. The van der Waals surface area contributed by atoms with Crippen LogP contribution in [0.3, 0.4) is 0 Å². The van der Waals surface area contributed by atoms with Gasteiger partial charge in [0.2, 0.25) is 5.88 Å². The Labute approximate surface area is 77.9 Å². The Balaban J connectivity index is 2.88. The number of pyridine rings is 1. The van der Waals surface area contributed by atoms with Crippen molar-refractivity contribution in [3.8, 4) is 5.88 Å². The molecule has 0 bridgehead atoms. The van der Waals surface area contributed by atoms with Crippen LogP contribution in [0.5, 0.6) is 5.88 Å². The predicted molar refractivity (Wildman–Crippen MR) is 41.8 cm³/mol.